The fraction of sp³-hybridized carbons (Fsp3) is 0.160. The number of benzene rings is 7. The minimum atomic E-state index is -0.0589. The van der Waals surface area contributed by atoms with Crippen molar-refractivity contribution in [3.8, 4) is 23.0 Å². The first kappa shape index (κ1) is 30.2. The van der Waals surface area contributed by atoms with E-state index in [0.29, 0.717) is 0 Å². The summed E-state index contributed by atoms with van der Waals surface area (Å²) in [6.45, 7) is 13.7. The maximum absolute atomic E-state index is 7.11. The monoisotopic (exact) mass is 708 g/mol. The van der Waals surface area contributed by atoms with Crippen LogP contribution in [0.15, 0.2) is 115 Å². The van der Waals surface area contributed by atoms with Crippen molar-refractivity contribution < 1.29 is 9.47 Å². The first-order valence-electron chi connectivity index (χ1n) is 19.6. The van der Waals surface area contributed by atoms with E-state index in [-0.39, 0.29) is 17.5 Å². The van der Waals surface area contributed by atoms with Crippen molar-refractivity contribution >= 4 is 99.3 Å². The smallest absolute Gasteiger partial charge is 0.260 e. The molecule has 0 atom stereocenters. The van der Waals surface area contributed by atoms with Gasteiger partial charge in [-0.05, 0) is 69.3 Å². The van der Waals surface area contributed by atoms with Crippen molar-refractivity contribution in [2.45, 2.75) is 52.4 Å². The Kier molecular flexibility index (Phi) is 5.23. The van der Waals surface area contributed by atoms with Gasteiger partial charge in [-0.2, -0.15) is 0 Å². The average molecular weight is 709 g/mol. The molecule has 0 radical (unpaired) electrons. The first-order chi connectivity index (χ1) is 26.6. The molecule has 262 valence electrons. The molecule has 0 saturated carbocycles. The number of fused-ring (bicyclic) bond motifs is 18. The molecular weight excluding hydrogens is 671 g/mol. The summed E-state index contributed by atoms with van der Waals surface area (Å²) >= 11 is 0. The van der Waals surface area contributed by atoms with Gasteiger partial charge < -0.3 is 18.3 Å². The topological polar surface area (TPSA) is 27.3 Å². The van der Waals surface area contributed by atoms with E-state index in [4.69, 9.17) is 9.47 Å². The highest BCUT2D eigenvalue weighted by molar-refractivity contribution is 6.98. The molecule has 55 heavy (non-hydrogen) atoms. The SMILES string of the molecule is CC(C)(C)c1ccc2c(c1)c1cccc3c4ccc5c(c4n2c13)Oc1cccc2c1B5c1ccc3c4cccc5c6cc(C(C)(C)C)ccc6n(c3c1O2)c54. The lowest BCUT2D eigenvalue weighted by Crippen LogP contribution is -2.57. The van der Waals surface area contributed by atoms with Gasteiger partial charge >= 0.3 is 0 Å². The van der Waals surface area contributed by atoms with Crippen LogP contribution in [0.4, 0.5) is 0 Å². The lowest BCUT2D eigenvalue weighted by molar-refractivity contribution is 0.468. The molecule has 0 amide bonds. The highest BCUT2D eigenvalue weighted by Crippen LogP contribution is 2.48. The van der Waals surface area contributed by atoms with Crippen molar-refractivity contribution in [3.63, 3.8) is 0 Å². The van der Waals surface area contributed by atoms with Gasteiger partial charge in [0.1, 0.15) is 23.0 Å². The van der Waals surface area contributed by atoms with Crippen LogP contribution < -0.4 is 25.9 Å². The third-order valence-electron chi connectivity index (χ3n) is 13.0. The number of hydrogen-bond donors (Lipinski definition) is 0. The summed E-state index contributed by atoms with van der Waals surface area (Å²) in [6.07, 6.45) is 0. The van der Waals surface area contributed by atoms with Gasteiger partial charge in [-0.25, -0.2) is 0 Å². The molecule has 0 bridgehead atoms. The second kappa shape index (κ2) is 9.53. The van der Waals surface area contributed by atoms with Gasteiger partial charge in [-0.3, -0.25) is 0 Å². The number of aromatic nitrogens is 2. The molecule has 4 aromatic heterocycles. The molecule has 6 heterocycles. The summed E-state index contributed by atoms with van der Waals surface area (Å²) in [5.74, 6) is 3.59. The Hall–Kier alpha value is -6.20. The summed E-state index contributed by atoms with van der Waals surface area (Å²) in [4.78, 5) is 0. The Morgan fingerprint density at radius 3 is 1.25 bits per heavy atom. The minimum Gasteiger partial charge on any atom is -0.456 e. The maximum Gasteiger partial charge on any atom is 0.260 e. The molecule has 7 aromatic carbocycles. The minimum absolute atomic E-state index is 0.0536. The van der Waals surface area contributed by atoms with Gasteiger partial charge in [0.25, 0.3) is 6.71 Å². The van der Waals surface area contributed by atoms with Gasteiger partial charge in [0, 0.05) is 48.6 Å². The Morgan fingerprint density at radius 2 is 0.818 bits per heavy atom. The molecule has 5 heteroatoms. The number of hydrogen-bond acceptors (Lipinski definition) is 2. The van der Waals surface area contributed by atoms with E-state index in [9.17, 15) is 0 Å². The van der Waals surface area contributed by atoms with Gasteiger partial charge in [0.2, 0.25) is 0 Å². The van der Waals surface area contributed by atoms with E-state index in [1.807, 2.05) is 0 Å². The van der Waals surface area contributed by atoms with E-state index >= 15 is 0 Å². The van der Waals surface area contributed by atoms with E-state index in [1.54, 1.807) is 0 Å². The zero-order chi connectivity index (χ0) is 36.9. The summed E-state index contributed by atoms with van der Waals surface area (Å²) in [7, 11) is 0. The van der Waals surface area contributed by atoms with Crippen molar-refractivity contribution in [2.24, 2.45) is 0 Å². The van der Waals surface area contributed by atoms with Crippen LogP contribution in [0.2, 0.25) is 0 Å². The zero-order valence-corrected chi connectivity index (χ0v) is 31.8. The fourth-order valence-electron chi connectivity index (χ4n) is 10.4. The zero-order valence-electron chi connectivity index (χ0n) is 31.8. The molecule has 0 spiro atoms. The van der Waals surface area contributed by atoms with Crippen LogP contribution in [0, 0.1) is 0 Å². The highest BCUT2D eigenvalue weighted by Gasteiger charge is 2.42. The Morgan fingerprint density at radius 1 is 0.418 bits per heavy atom. The van der Waals surface area contributed by atoms with E-state index in [1.165, 1.54) is 87.2 Å². The number of para-hydroxylation sites is 2. The summed E-state index contributed by atoms with van der Waals surface area (Å²) in [6, 6.07) is 43.2. The molecule has 0 N–H and O–H groups in total. The molecule has 2 aliphatic heterocycles. The maximum atomic E-state index is 7.11. The predicted molar refractivity (Wildman–Crippen MR) is 231 cm³/mol. The third-order valence-corrected chi connectivity index (χ3v) is 13.0. The van der Waals surface area contributed by atoms with E-state index in [0.717, 1.165) is 39.5 Å². The van der Waals surface area contributed by atoms with Crippen LogP contribution in [0.25, 0.3) is 76.2 Å². The number of rotatable bonds is 0. The van der Waals surface area contributed by atoms with Gasteiger partial charge in [-0.1, -0.05) is 120 Å². The van der Waals surface area contributed by atoms with Crippen LogP contribution in [0.1, 0.15) is 52.7 Å². The van der Waals surface area contributed by atoms with Crippen LogP contribution in [-0.4, -0.2) is 15.5 Å². The molecule has 0 saturated heterocycles. The van der Waals surface area contributed by atoms with Crippen molar-refractivity contribution in [3.05, 3.63) is 126 Å². The van der Waals surface area contributed by atoms with Crippen molar-refractivity contribution in [1.82, 2.24) is 8.80 Å². The molecular formula is C50H37BN2O2. The van der Waals surface area contributed by atoms with Crippen LogP contribution in [0.5, 0.6) is 23.0 Å². The lowest BCUT2D eigenvalue weighted by Gasteiger charge is -2.33. The average Bonchev–Trinajstić information content (AvgIpc) is 3.90. The Balaban J connectivity index is 1.13. The fourth-order valence-corrected chi connectivity index (χ4v) is 10.4. The number of ether oxygens (including phenoxy) is 2. The summed E-state index contributed by atoms with van der Waals surface area (Å²) in [5, 5.41) is 10.1. The van der Waals surface area contributed by atoms with E-state index in [2.05, 4.69) is 166 Å². The predicted octanol–water partition coefficient (Wildman–Crippen LogP) is 11.3. The Bertz CT molecular complexity index is 3290. The molecule has 2 aliphatic rings. The summed E-state index contributed by atoms with van der Waals surface area (Å²) in [5.41, 5.74) is 13.4. The van der Waals surface area contributed by atoms with Crippen LogP contribution >= 0.6 is 0 Å². The van der Waals surface area contributed by atoms with Gasteiger partial charge in [0.15, 0.2) is 0 Å². The van der Waals surface area contributed by atoms with E-state index < -0.39 is 0 Å². The molecule has 0 unspecified atom stereocenters. The Labute approximate surface area is 318 Å². The van der Waals surface area contributed by atoms with Gasteiger partial charge in [-0.15, -0.1) is 0 Å². The molecule has 0 fully saturated rings. The van der Waals surface area contributed by atoms with Crippen molar-refractivity contribution in [2.75, 3.05) is 0 Å². The van der Waals surface area contributed by atoms with Gasteiger partial charge in [0.05, 0.1) is 33.1 Å². The molecule has 0 aliphatic carbocycles. The number of nitrogens with zero attached hydrogens (tertiary/aromatic N) is 2. The largest absolute Gasteiger partial charge is 0.456 e. The second-order valence-corrected chi connectivity index (χ2v) is 18.1. The summed E-state index contributed by atoms with van der Waals surface area (Å²) < 4.78 is 19.2. The third kappa shape index (κ3) is 3.56. The second-order valence-electron chi connectivity index (χ2n) is 18.1. The normalized spacial score (nSPS) is 14.3. The highest BCUT2D eigenvalue weighted by atomic mass is 16.5. The molecule has 11 aromatic rings. The van der Waals surface area contributed by atoms with Crippen molar-refractivity contribution in [1.29, 1.82) is 0 Å². The standard InChI is InChI=1S/C50H37BN2O2/c1-49(2,3)26-16-22-38-34(24-26)30-12-7-10-28-32-18-20-36-47(45(32)52(38)43(28)30)54-40-14-9-15-41-42(40)51(36)37-21-19-33-29-11-8-13-31-35-25-27(50(4,5)6)17-23-39(35)53(44(29)31)46(33)48(37)55-41/h7-25H,1-6H3. The van der Waals surface area contributed by atoms with Crippen LogP contribution in [-0.2, 0) is 10.8 Å². The molecule has 13 rings (SSSR count). The molecule has 4 nitrogen and oxygen atoms in total. The quantitative estimate of drug-likeness (QED) is 0.147. The van der Waals surface area contributed by atoms with Crippen LogP contribution in [0.3, 0.4) is 0 Å². The first-order valence-corrected chi connectivity index (χ1v) is 19.6. The lowest BCUT2D eigenvalue weighted by atomic mass is 9.34.